The molecular formula is C10H18N2. The lowest BCUT2D eigenvalue weighted by Crippen LogP contribution is -2.37. The van der Waals surface area contributed by atoms with Crippen molar-refractivity contribution >= 4 is 0 Å². The molecule has 0 bridgehead atoms. The van der Waals surface area contributed by atoms with E-state index in [1.165, 1.54) is 32.2 Å². The van der Waals surface area contributed by atoms with E-state index in [-0.39, 0.29) is 0 Å². The normalized spacial score (nSPS) is 17.4. The van der Waals surface area contributed by atoms with Crippen molar-refractivity contribution in [2.45, 2.75) is 44.6 Å². The Bertz CT molecular complexity index is 156. The largest absolute Gasteiger partial charge is 0.303 e. The molecule has 1 saturated carbocycles. The molecule has 0 saturated heterocycles. The van der Waals surface area contributed by atoms with Gasteiger partial charge in [0.1, 0.15) is 0 Å². The fraction of sp³-hybridized carbons (Fsp3) is 0.900. The van der Waals surface area contributed by atoms with Crippen molar-refractivity contribution in [3.63, 3.8) is 0 Å². The van der Waals surface area contributed by atoms with Crippen LogP contribution in [0.4, 0.5) is 0 Å². The fourth-order valence-electron chi connectivity index (χ4n) is 1.58. The van der Waals surface area contributed by atoms with Gasteiger partial charge >= 0.3 is 0 Å². The predicted molar refractivity (Wildman–Crippen MR) is 49.7 cm³/mol. The highest BCUT2D eigenvalue weighted by Crippen LogP contribution is 2.23. The summed E-state index contributed by atoms with van der Waals surface area (Å²) in [5.41, 5.74) is 0. The van der Waals surface area contributed by atoms with E-state index < -0.39 is 0 Å². The third-order valence-corrected chi connectivity index (χ3v) is 2.75. The molecule has 1 aliphatic rings. The number of hydrogen-bond donors (Lipinski definition) is 0. The second-order valence-electron chi connectivity index (χ2n) is 3.68. The van der Waals surface area contributed by atoms with Gasteiger partial charge in [-0.1, -0.05) is 6.42 Å². The highest BCUT2D eigenvalue weighted by molar-refractivity contribution is 4.78. The van der Waals surface area contributed by atoms with E-state index in [2.05, 4.69) is 18.0 Å². The van der Waals surface area contributed by atoms with E-state index in [0.717, 1.165) is 18.9 Å². The average molecular weight is 166 g/mol. The average Bonchev–Trinajstić information content (AvgIpc) is 1.95. The first-order valence-corrected chi connectivity index (χ1v) is 4.92. The van der Waals surface area contributed by atoms with Crippen molar-refractivity contribution in [2.24, 2.45) is 0 Å². The van der Waals surface area contributed by atoms with Crippen molar-refractivity contribution in [3.05, 3.63) is 0 Å². The molecule has 0 amide bonds. The summed E-state index contributed by atoms with van der Waals surface area (Å²) < 4.78 is 0. The van der Waals surface area contributed by atoms with Crippen LogP contribution in [-0.4, -0.2) is 24.5 Å². The van der Waals surface area contributed by atoms with Crippen molar-refractivity contribution in [2.75, 3.05) is 13.6 Å². The Labute approximate surface area is 75.2 Å². The topological polar surface area (TPSA) is 27.0 Å². The number of unbranched alkanes of at least 4 members (excludes halogenated alkanes) is 2. The standard InChI is InChI=1S/C10H18N2/c1-12(10-6-5-7-10)9-4-2-3-8-11/h10H,2-7,9H2,1H3. The van der Waals surface area contributed by atoms with Crippen LogP contribution in [0.2, 0.25) is 0 Å². The summed E-state index contributed by atoms with van der Waals surface area (Å²) in [6.45, 7) is 1.17. The Morgan fingerprint density at radius 3 is 2.67 bits per heavy atom. The van der Waals surface area contributed by atoms with Gasteiger partial charge in [0.15, 0.2) is 0 Å². The summed E-state index contributed by atoms with van der Waals surface area (Å²) in [4.78, 5) is 2.45. The molecule has 0 atom stereocenters. The summed E-state index contributed by atoms with van der Waals surface area (Å²) in [6, 6.07) is 3.03. The number of nitrogens with zero attached hydrogens (tertiary/aromatic N) is 2. The first-order chi connectivity index (χ1) is 5.84. The van der Waals surface area contributed by atoms with Gasteiger partial charge in [0, 0.05) is 12.5 Å². The zero-order chi connectivity index (χ0) is 8.81. The third-order valence-electron chi connectivity index (χ3n) is 2.75. The van der Waals surface area contributed by atoms with Crippen LogP contribution >= 0.6 is 0 Å². The highest BCUT2D eigenvalue weighted by Gasteiger charge is 2.20. The molecule has 68 valence electrons. The molecule has 0 unspecified atom stereocenters. The Kier molecular flexibility index (Phi) is 4.10. The van der Waals surface area contributed by atoms with Gasteiger partial charge in [-0.25, -0.2) is 0 Å². The van der Waals surface area contributed by atoms with Crippen molar-refractivity contribution < 1.29 is 0 Å². The van der Waals surface area contributed by atoms with Gasteiger partial charge in [-0.3, -0.25) is 0 Å². The van der Waals surface area contributed by atoms with Gasteiger partial charge in [-0.05, 0) is 39.3 Å². The second-order valence-corrected chi connectivity index (χ2v) is 3.68. The lowest BCUT2D eigenvalue weighted by Gasteiger charge is -2.34. The molecule has 1 aliphatic carbocycles. The minimum Gasteiger partial charge on any atom is -0.303 e. The van der Waals surface area contributed by atoms with E-state index in [1.807, 2.05) is 0 Å². The summed E-state index contributed by atoms with van der Waals surface area (Å²) in [7, 11) is 2.20. The van der Waals surface area contributed by atoms with Gasteiger partial charge in [-0.15, -0.1) is 0 Å². The van der Waals surface area contributed by atoms with Crippen molar-refractivity contribution in [3.8, 4) is 6.07 Å². The fourth-order valence-corrected chi connectivity index (χ4v) is 1.58. The third kappa shape index (κ3) is 2.83. The van der Waals surface area contributed by atoms with Crippen LogP contribution < -0.4 is 0 Å². The SMILES string of the molecule is CN(CCCCC#N)C1CCC1. The van der Waals surface area contributed by atoms with E-state index >= 15 is 0 Å². The number of hydrogen-bond acceptors (Lipinski definition) is 2. The summed E-state index contributed by atoms with van der Waals surface area (Å²) in [6.07, 6.45) is 7.14. The van der Waals surface area contributed by atoms with Crippen LogP contribution in [0.15, 0.2) is 0 Å². The molecule has 0 N–H and O–H groups in total. The lowest BCUT2D eigenvalue weighted by atomic mass is 9.92. The summed E-state index contributed by atoms with van der Waals surface area (Å²) in [5.74, 6) is 0. The lowest BCUT2D eigenvalue weighted by molar-refractivity contribution is 0.157. The first-order valence-electron chi connectivity index (χ1n) is 4.92. The monoisotopic (exact) mass is 166 g/mol. The number of nitriles is 1. The molecule has 0 aromatic rings. The molecule has 2 nitrogen and oxygen atoms in total. The molecular weight excluding hydrogens is 148 g/mol. The highest BCUT2D eigenvalue weighted by atomic mass is 15.1. The second kappa shape index (κ2) is 5.16. The minimum absolute atomic E-state index is 0.721. The van der Waals surface area contributed by atoms with Crippen LogP contribution in [0.1, 0.15) is 38.5 Å². The van der Waals surface area contributed by atoms with Crippen LogP contribution in [0.3, 0.4) is 0 Å². The quantitative estimate of drug-likeness (QED) is 0.585. The van der Waals surface area contributed by atoms with Crippen LogP contribution in [0.25, 0.3) is 0 Å². The maximum absolute atomic E-state index is 8.33. The Morgan fingerprint density at radius 2 is 2.17 bits per heavy atom. The van der Waals surface area contributed by atoms with Crippen LogP contribution in [0, 0.1) is 11.3 Å². The molecule has 1 fully saturated rings. The smallest absolute Gasteiger partial charge is 0.0621 e. The minimum atomic E-state index is 0.721. The molecule has 1 rings (SSSR count). The summed E-state index contributed by atoms with van der Waals surface area (Å²) in [5, 5.41) is 8.33. The van der Waals surface area contributed by atoms with Crippen LogP contribution in [0.5, 0.6) is 0 Å². The maximum Gasteiger partial charge on any atom is 0.0621 e. The molecule has 0 heterocycles. The Morgan fingerprint density at radius 1 is 1.42 bits per heavy atom. The zero-order valence-corrected chi connectivity index (χ0v) is 7.92. The van der Waals surface area contributed by atoms with Crippen molar-refractivity contribution in [1.29, 1.82) is 5.26 Å². The molecule has 0 aliphatic heterocycles. The molecule has 0 spiro atoms. The Hall–Kier alpha value is -0.550. The van der Waals surface area contributed by atoms with E-state index in [1.54, 1.807) is 0 Å². The predicted octanol–water partition coefficient (Wildman–Crippen LogP) is 2.16. The van der Waals surface area contributed by atoms with Gasteiger partial charge in [-0.2, -0.15) is 5.26 Å². The maximum atomic E-state index is 8.33. The van der Waals surface area contributed by atoms with E-state index in [4.69, 9.17) is 5.26 Å². The molecule has 0 aromatic carbocycles. The van der Waals surface area contributed by atoms with Gasteiger partial charge in [0.05, 0.1) is 6.07 Å². The van der Waals surface area contributed by atoms with E-state index in [0.29, 0.717) is 0 Å². The molecule has 2 heteroatoms. The van der Waals surface area contributed by atoms with Gasteiger partial charge < -0.3 is 4.90 Å². The van der Waals surface area contributed by atoms with Crippen LogP contribution in [-0.2, 0) is 0 Å². The van der Waals surface area contributed by atoms with Crippen molar-refractivity contribution in [1.82, 2.24) is 4.90 Å². The van der Waals surface area contributed by atoms with Gasteiger partial charge in [0.2, 0.25) is 0 Å². The molecule has 12 heavy (non-hydrogen) atoms. The first kappa shape index (κ1) is 9.54. The molecule has 0 radical (unpaired) electrons. The summed E-state index contributed by atoms with van der Waals surface area (Å²) >= 11 is 0. The zero-order valence-electron chi connectivity index (χ0n) is 7.92. The van der Waals surface area contributed by atoms with E-state index in [9.17, 15) is 0 Å². The number of rotatable bonds is 5. The van der Waals surface area contributed by atoms with Gasteiger partial charge in [0.25, 0.3) is 0 Å². The Balaban J connectivity index is 1.95. The molecule has 0 aromatic heterocycles.